The Morgan fingerprint density at radius 2 is 1.55 bits per heavy atom. The summed E-state index contributed by atoms with van der Waals surface area (Å²) in [6.45, 7) is 3.36. The van der Waals surface area contributed by atoms with E-state index in [0.717, 1.165) is 5.56 Å². The van der Waals surface area contributed by atoms with Gasteiger partial charge in [0.25, 0.3) is 10.0 Å². The van der Waals surface area contributed by atoms with Crippen molar-refractivity contribution in [3.8, 4) is 0 Å². The van der Waals surface area contributed by atoms with E-state index in [1.54, 1.807) is 55.6 Å². The standard InChI is InChI=1S/C16H18N2O3S/c1-12-4-10-16(11-5-12)22(20,21)17-14-6-8-15(9-7-14)18(3)13(2)19/h4-11,17H,1-3H3. The number of rotatable bonds is 4. The lowest BCUT2D eigenvalue weighted by atomic mass is 10.2. The van der Waals surface area contributed by atoms with Crippen molar-refractivity contribution < 1.29 is 13.2 Å². The average molecular weight is 318 g/mol. The first-order valence-electron chi connectivity index (χ1n) is 6.73. The first kappa shape index (κ1) is 16.0. The molecule has 0 aliphatic heterocycles. The highest BCUT2D eigenvalue weighted by atomic mass is 32.2. The molecule has 0 unspecified atom stereocenters. The molecule has 0 radical (unpaired) electrons. The highest BCUT2D eigenvalue weighted by molar-refractivity contribution is 7.92. The van der Waals surface area contributed by atoms with E-state index in [2.05, 4.69) is 4.72 Å². The van der Waals surface area contributed by atoms with E-state index in [-0.39, 0.29) is 10.8 Å². The van der Waals surface area contributed by atoms with Gasteiger partial charge in [-0.05, 0) is 43.3 Å². The molecule has 5 nitrogen and oxygen atoms in total. The minimum Gasteiger partial charge on any atom is -0.316 e. The van der Waals surface area contributed by atoms with Crippen LogP contribution in [0.1, 0.15) is 12.5 Å². The maximum absolute atomic E-state index is 12.3. The van der Waals surface area contributed by atoms with Crippen LogP contribution in [0, 0.1) is 6.92 Å². The van der Waals surface area contributed by atoms with Gasteiger partial charge in [0.2, 0.25) is 5.91 Å². The number of hydrogen-bond acceptors (Lipinski definition) is 3. The summed E-state index contributed by atoms with van der Waals surface area (Å²) in [5, 5.41) is 0. The molecule has 2 aromatic rings. The quantitative estimate of drug-likeness (QED) is 0.942. The van der Waals surface area contributed by atoms with Crippen LogP contribution in [0.4, 0.5) is 11.4 Å². The number of sulfonamides is 1. The molecule has 1 N–H and O–H groups in total. The number of anilines is 2. The molecule has 0 saturated heterocycles. The number of nitrogens with one attached hydrogen (secondary N) is 1. The molecule has 116 valence electrons. The van der Waals surface area contributed by atoms with Crippen molar-refractivity contribution in [1.29, 1.82) is 0 Å². The molecule has 0 aliphatic rings. The summed E-state index contributed by atoms with van der Waals surface area (Å²) in [6.07, 6.45) is 0. The summed E-state index contributed by atoms with van der Waals surface area (Å²) in [7, 11) is -1.95. The van der Waals surface area contributed by atoms with Gasteiger partial charge < -0.3 is 4.90 Å². The summed E-state index contributed by atoms with van der Waals surface area (Å²) < 4.78 is 27.0. The van der Waals surface area contributed by atoms with Crippen LogP contribution in [0.25, 0.3) is 0 Å². The zero-order valence-corrected chi connectivity index (χ0v) is 13.5. The Morgan fingerprint density at radius 3 is 2.05 bits per heavy atom. The van der Waals surface area contributed by atoms with E-state index in [9.17, 15) is 13.2 Å². The lowest BCUT2D eigenvalue weighted by molar-refractivity contribution is -0.116. The van der Waals surface area contributed by atoms with Gasteiger partial charge in [0, 0.05) is 25.3 Å². The van der Waals surface area contributed by atoms with E-state index >= 15 is 0 Å². The molecule has 2 aromatic carbocycles. The molecule has 0 spiro atoms. The molecule has 0 aromatic heterocycles. The predicted molar refractivity (Wildman–Crippen MR) is 87.5 cm³/mol. The van der Waals surface area contributed by atoms with Crippen LogP contribution in [-0.4, -0.2) is 21.4 Å². The molecular weight excluding hydrogens is 300 g/mol. The molecule has 0 fully saturated rings. The Balaban J connectivity index is 2.20. The minimum absolute atomic E-state index is 0.0898. The SMILES string of the molecule is CC(=O)N(C)c1ccc(NS(=O)(=O)c2ccc(C)cc2)cc1. The van der Waals surface area contributed by atoms with Gasteiger partial charge in [-0.15, -0.1) is 0 Å². The second-order valence-electron chi connectivity index (χ2n) is 5.04. The number of hydrogen-bond donors (Lipinski definition) is 1. The third-order valence-electron chi connectivity index (χ3n) is 3.31. The Morgan fingerprint density at radius 1 is 1.00 bits per heavy atom. The number of carbonyl (C=O) groups is 1. The van der Waals surface area contributed by atoms with Crippen LogP contribution in [-0.2, 0) is 14.8 Å². The van der Waals surface area contributed by atoms with Crippen molar-refractivity contribution in [3.63, 3.8) is 0 Å². The lowest BCUT2D eigenvalue weighted by Gasteiger charge is -2.15. The molecule has 1 amide bonds. The third-order valence-corrected chi connectivity index (χ3v) is 4.71. The Kier molecular flexibility index (Phi) is 4.51. The van der Waals surface area contributed by atoms with Crippen LogP contribution in [0.5, 0.6) is 0 Å². The van der Waals surface area contributed by atoms with Crippen molar-refractivity contribution >= 4 is 27.3 Å². The average Bonchev–Trinajstić information content (AvgIpc) is 2.47. The lowest BCUT2D eigenvalue weighted by Crippen LogP contribution is -2.22. The number of nitrogens with zero attached hydrogens (tertiary/aromatic N) is 1. The van der Waals surface area contributed by atoms with Crippen LogP contribution >= 0.6 is 0 Å². The van der Waals surface area contributed by atoms with Crippen molar-refractivity contribution in [2.75, 3.05) is 16.7 Å². The highest BCUT2D eigenvalue weighted by Gasteiger charge is 2.14. The fraction of sp³-hybridized carbons (Fsp3) is 0.188. The van der Waals surface area contributed by atoms with E-state index in [4.69, 9.17) is 0 Å². The number of carbonyl (C=O) groups excluding carboxylic acids is 1. The molecule has 0 atom stereocenters. The first-order valence-corrected chi connectivity index (χ1v) is 8.22. The van der Waals surface area contributed by atoms with Gasteiger partial charge in [-0.2, -0.15) is 0 Å². The molecule has 0 aliphatic carbocycles. The summed E-state index contributed by atoms with van der Waals surface area (Å²) in [5.74, 6) is -0.0898. The molecule has 22 heavy (non-hydrogen) atoms. The van der Waals surface area contributed by atoms with E-state index < -0.39 is 10.0 Å². The minimum atomic E-state index is -3.61. The third kappa shape index (κ3) is 3.65. The fourth-order valence-electron chi connectivity index (χ4n) is 1.87. The van der Waals surface area contributed by atoms with Crippen LogP contribution in [0.3, 0.4) is 0 Å². The fourth-order valence-corrected chi connectivity index (χ4v) is 2.93. The Hall–Kier alpha value is -2.34. The predicted octanol–water partition coefficient (Wildman–Crippen LogP) is 2.78. The van der Waals surface area contributed by atoms with Gasteiger partial charge in [-0.1, -0.05) is 17.7 Å². The molecule has 0 saturated carbocycles. The van der Waals surface area contributed by atoms with Crippen LogP contribution in [0.15, 0.2) is 53.4 Å². The Labute approximate surface area is 130 Å². The normalized spacial score (nSPS) is 11.0. The van der Waals surface area contributed by atoms with Gasteiger partial charge >= 0.3 is 0 Å². The maximum Gasteiger partial charge on any atom is 0.261 e. The first-order chi connectivity index (χ1) is 10.3. The van der Waals surface area contributed by atoms with Crippen LogP contribution in [0.2, 0.25) is 0 Å². The molecule has 0 heterocycles. The van der Waals surface area contributed by atoms with E-state index in [0.29, 0.717) is 11.4 Å². The summed E-state index contributed by atoms with van der Waals surface area (Å²) in [6, 6.07) is 13.3. The molecule has 0 bridgehead atoms. The zero-order chi connectivity index (χ0) is 16.3. The topological polar surface area (TPSA) is 66.5 Å². The van der Waals surface area contributed by atoms with Crippen molar-refractivity contribution in [2.45, 2.75) is 18.7 Å². The van der Waals surface area contributed by atoms with Crippen molar-refractivity contribution in [1.82, 2.24) is 0 Å². The summed E-state index contributed by atoms with van der Waals surface area (Å²) >= 11 is 0. The maximum atomic E-state index is 12.3. The zero-order valence-electron chi connectivity index (χ0n) is 12.7. The van der Waals surface area contributed by atoms with Crippen LogP contribution < -0.4 is 9.62 Å². The van der Waals surface area contributed by atoms with E-state index in [1.165, 1.54) is 11.8 Å². The largest absolute Gasteiger partial charge is 0.316 e. The van der Waals surface area contributed by atoms with Crippen molar-refractivity contribution in [3.05, 3.63) is 54.1 Å². The second-order valence-corrected chi connectivity index (χ2v) is 6.73. The molecule has 6 heteroatoms. The van der Waals surface area contributed by atoms with Gasteiger partial charge in [-0.3, -0.25) is 9.52 Å². The highest BCUT2D eigenvalue weighted by Crippen LogP contribution is 2.20. The van der Waals surface area contributed by atoms with Gasteiger partial charge in [0.05, 0.1) is 4.90 Å². The number of amides is 1. The van der Waals surface area contributed by atoms with Crippen molar-refractivity contribution in [2.24, 2.45) is 0 Å². The number of benzene rings is 2. The van der Waals surface area contributed by atoms with Gasteiger partial charge in [0.1, 0.15) is 0 Å². The molecule has 2 rings (SSSR count). The number of aryl methyl sites for hydroxylation is 1. The molecular formula is C16H18N2O3S. The summed E-state index contributed by atoms with van der Waals surface area (Å²) in [5.41, 5.74) is 2.14. The van der Waals surface area contributed by atoms with Gasteiger partial charge in [-0.25, -0.2) is 8.42 Å². The Bertz CT molecular complexity index is 766. The van der Waals surface area contributed by atoms with E-state index in [1.807, 2.05) is 6.92 Å². The smallest absolute Gasteiger partial charge is 0.261 e. The van der Waals surface area contributed by atoms with Gasteiger partial charge in [0.15, 0.2) is 0 Å². The monoisotopic (exact) mass is 318 g/mol. The second kappa shape index (κ2) is 6.19. The summed E-state index contributed by atoms with van der Waals surface area (Å²) in [4.78, 5) is 13.0.